The van der Waals surface area contributed by atoms with E-state index < -0.39 is 4.92 Å². The van der Waals surface area contributed by atoms with Crippen molar-refractivity contribution < 1.29 is 9.31 Å². The molecule has 21 heavy (non-hydrogen) atoms. The van der Waals surface area contributed by atoms with E-state index in [1.807, 2.05) is 12.1 Å². The van der Waals surface area contributed by atoms with Gasteiger partial charge in [-0.1, -0.05) is 28.1 Å². The van der Waals surface area contributed by atoms with Crippen LogP contribution in [0, 0.1) is 15.9 Å². The van der Waals surface area contributed by atoms with Gasteiger partial charge >= 0.3 is 0 Å². The first-order chi connectivity index (χ1) is 10.0. The van der Waals surface area contributed by atoms with Gasteiger partial charge in [-0.3, -0.25) is 10.1 Å². The molecule has 2 aromatic carbocycles. The fourth-order valence-electron chi connectivity index (χ4n) is 2.00. The van der Waals surface area contributed by atoms with E-state index in [-0.39, 0.29) is 11.5 Å². The Kier molecular flexibility index (Phi) is 5.41. The summed E-state index contributed by atoms with van der Waals surface area (Å²) in [5.41, 5.74) is 1.81. The van der Waals surface area contributed by atoms with Crippen LogP contribution in [0.3, 0.4) is 0 Å². The molecule has 0 radical (unpaired) electrons. The lowest BCUT2D eigenvalue weighted by atomic mass is 10.1. The third-order valence-electron chi connectivity index (χ3n) is 2.96. The Morgan fingerprint density at radius 1 is 1.19 bits per heavy atom. The van der Waals surface area contributed by atoms with E-state index in [4.69, 9.17) is 0 Å². The van der Waals surface area contributed by atoms with Crippen molar-refractivity contribution in [3.8, 4) is 0 Å². The maximum Gasteiger partial charge on any atom is 0.270 e. The smallest absolute Gasteiger partial charge is 0.270 e. The van der Waals surface area contributed by atoms with Crippen LogP contribution in [0.25, 0.3) is 0 Å². The van der Waals surface area contributed by atoms with E-state index in [0.29, 0.717) is 24.0 Å². The van der Waals surface area contributed by atoms with Crippen molar-refractivity contribution in [2.45, 2.75) is 13.0 Å². The van der Waals surface area contributed by atoms with Gasteiger partial charge in [0, 0.05) is 23.2 Å². The summed E-state index contributed by atoms with van der Waals surface area (Å²) in [7, 11) is 0. The van der Waals surface area contributed by atoms with Gasteiger partial charge in [-0.15, -0.1) is 0 Å². The molecule has 0 saturated carbocycles. The third kappa shape index (κ3) is 4.91. The molecule has 0 aliphatic carbocycles. The average molecular weight is 353 g/mol. The minimum absolute atomic E-state index is 0.0614. The second kappa shape index (κ2) is 7.28. The summed E-state index contributed by atoms with van der Waals surface area (Å²) in [6, 6.07) is 11.3. The van der Waals surface area contributed by atoms with E-state index in [1.54, 1.807) is 12.1 Å². The minimum atomic E-state index is -0.416. The van der Waals surface area contributed by atoms with Gasteiger partial charge in [0.25, 0.3) is 5.69 Å². The molecule has 0 atom stereocenters. The number of benzene rings is 2. The topological polar surface area (TPSA) is 55.2 Å². The van der Waals surface area contributed by atoms with E-state index in [0.717, 1.165) is 11.1 Å². The first-order valence-electron chi connectivity index (χ1n) is 6.43. The Bertz CT molecular complexity index is 649. The van der Waals surface area contributed by atoms with Crippen molar-refractivity contribution >= 4 is 21.6 Å². The summed E-state index contributed by atoms with van der Waals surface area (Å²) in [4.78, 5) is 10.4. The predicted molar refractivity (Wildman–Crippen MR) is 82.6 cm³/mol. The molecule has 2 aromatic rings. The summed E-state index contributed by atoms with van der Waals surface area (Å²) in [5.74, 6) is -0.241. The normalized spacial score (nSPS) is 10.6. The van der Waals surface area contributed by atoms with E-state index in [9.17, 15) is 14.5 Å². The first kappa shape index (κ1) is 15.6. The number of rotatable bonds is 6. The number of nitro groups is 1. The van der Waals surface area contributed by atoms with Crippen LogP contribution in [0.1, 0.15) is 11.1 Å². The van der Waals surface area contributed by atoms with Crippen molar-refractivity contribution in [2.75, 3.05) is 6.54 Å². The molecular weight excluding hydrogens is 339 g/mol. The Hall–Kier alpha value is -1.79. The van der Waals surface area contributed by atoms with Gasteiger partial charge in [0.05, 0.1) is 4.92 Å². The van der Waals surface area contributed by atoms with Crippen LogP contribution in [0.15, 0.2) is 46.9 Å². The zero-order chi connectivity index (χ0) is 15.2. The molecule has 0 aliphatic rings. The van der Waals surface area contributed by atoms with Gasteiger partial charge < -0.3 is 5.32 Å². The maximum absolute atomic E-state index is 13.0. The number of halogens is 2. The number of nitrogens with one attached hydrogen (secondary N) is 1. The maximum atomic E-state index is 13.0. The zero-order valence-corrected chi connectivity index (χ0v) is 12.8. The SMILES string of the molecule is O=[N+]([O-])c1cc(Br)cc(CNCCc2cccc(F)c2)c1. The molecule has 2 rings (SSSR count). The summed E-state index contributed by atoms with van der Waals surface area (Å²) < 4.78 is 13.7. The highest BCUT2D eigenvalue weighted by atomic mass is 79.9. The average Bonchev–Trinajstić information content (AvgIpc) is 2.43. The highest BCUT2D eigenvalue weighted by molar-refractivity contribution is 9.10. The Balaban J connectivity index is 1.87. The molecule has 0 fully saturated rings. The Labute approximate surface area is 130 Å². The number of hydrogen-bond donors (Lipinski definition) is 1. The molecule has 110 valence electrons. The van der Waals surface area contributed by atoms with Crippen molar-refractivity contribution in [3.63, 3.8) is 0 Å². The first-order valence-corrected chi connectivity index (χ1v) is 7.23. The fraction of sp³-hybridized carbons (Fsp3) is 0.200. The third-order valence-corrected chi connectivity index (χ3v) is 3.42. The standard InChI is InChI=1S/C15H14BrFN2O2/c16-13-6-12(8-15(9-13)19(20)21)10-18-5-4-11-2-1-3-14(17)7-11/h1-3,6-9,18H,4-5,10H2. The van der Waals surface area contributed by atoms with Crippen LogP contribution < -0.4 is 5.32 Å². The monoisotopic (exact) mass is 352 g/mol. The molecule has 0 bridgehead atoms. The predicted octanol–water partition coefficient (Wildman–Crippen LogP) is 3.83. The lowest BCUT2D eigenvalue weighted by Gasteiger charge is -2.06. The van der Waals surface area contributed by atoms with Crippen LogP contribution in [0.5, 0.6) is 0 Å². The fourth-order valence-corrected chi connectivity index (χ4v) is 2.53. The van der Waals surface area contributed by atoms with E-state index in [1.165, 1.54) is 18.2 Å². The number of non-ortho nitro benzene ring substituents is 1. The van der Waals surface area contributed by atoms with Crippen LogP contribution in [0.2, 0.25) is 0 Å². The summed E-state index contributed by atoms with van der Waals surface area (Å²) in [5, 5.41) is 14.0. The van der Waals surface area contributed by atoms with Gasteiger partial charge in [0.2, 0.25) is 0 Å². The molecule has 0 aromatic heterocycles. The van der Waals surface area contributed by atoms with Crippen LogP contribution in [-0.2, 0) is 13.0 Å². The van der Waals surface area contributed by atoms with Crippen molar-refractivity contribution in [1.82, 2.24) is 5.32 Å². The summed E-state index contributed by atoms with van der Waals surface area (Å²) in [6.07, 6.45) is 0.702. The van der Waals surface area contributed by atoms with Gasteiger partial charge in [-0.2, -0.15) is 0 Å². The number of nitro benzene ring substituents is 1. The molecular formula is C15H14BrFN2O2. The highest BCUT2D eigenvalue weighted by Gasteiger charge is 2.08. The van der Waals surface area contributed by atoms with Crippen LogP contribution in [-0.4, -0.2) is 11.5 Å². The Morgan fingerprint density at radius 3 is 2.71 bits per heavy atom. The molecule has 0 spiro atoms. The lowest BCUT2D eigenvalue weighted by molar-refractivity contribution is -0.385. The van der Waals surface area contributed by atoms with Gasteiger partial charge in [-0.25, -0.2) is 4.39 Å². The van der Waals surface area contributed by atoms with E-state index >= 15 is 0 Å². The molecule has 0 saturated heterocycles. The van der Waals surface area contributed by atoms with Crippen molar-refractivity contribution in [2.24, 2.45) is 0 Å². The largest absolute Gasteiger partial charge is 0.312 e. The van der Waals surface area contributed by atoms with Gasteiger partial charge in [-0.05, 0) is 42.3 Å². The summed E-state index contributed by atoms with van der Waals surface area (Å²) in [6.45, 7) is 1.19. The Morgan fingerprint density at radius 2 is 2.00 bits per heavy atom. The zero-order valence-electron chi connectivity index (χ0n) is 11.2. The quantitative estimate of drug-likeness (QED) is 0.488. The van der Waals surface area contributed by atoms with Gasteiger partial charge in [0.1, 0.15) is 5.82 Å². The summed E-state index contributed by atoms with van der Waals surface area (Å²) >= 11 is 3.26. The minimum Gasteiger partial charge on any atom is -0.312 e. The van der Waals surface area contributed by atoms with Crippen LogP contribution in [0.4, 0.5) is 10.1 Å². The van der Waals surface area contributed by atoms with Crippen molar-refractivity contribution in [1.29, 1.82) is 0 Å². The molecule has 0 amide bonds. The molecule has 6 heteroatoms. The molecule has 0 aliphatic heterocycles. The second-order valence-corrected chi connectivity index (χ2v) is 5.55. The van der Waals surface area contributed by atoms with Crippen molar-refractivity contribution in [3.05, 3.63) is 74.0 Å². The lowest BCUT2D eigenvalue weighted by Crippen LogP contribution is -2.16. The number of hydrogen-bond acceptors (Lipinski definition) is 3. The highest BCUT2D eigenvalue weighted by Crippen LogP contribution is 2.21. The molecule has 0 heterocycles. The number of nitrogens with zero attached hydrogens (tertiary/aromatic N) is 1. The molecule has 1 N–H and O–H groups in total. The molecule has 4 nitrogen and oxygen atoms in total. The molecule has 0 unspecified atom stereocenters. The van der Waals surface area contributed by atoms with Gasteiger partial charge in [0.15, 0.2) is 0 Å². The van der Waals surface area contributed by atoms with Crippen LogP contribution >= 0.6 is 15.9 Å². The second-order valence-electron chi connectivity index (χ2n) is 4.63. The van der Waals surface area contributed by atoms with E-state index in [2.05, 4.69) is 21.2 Å².